The lowest BCUT2D eigenvalue weighted by molar-refractivity contribution is 0.0522. The van der Waals surface area contributed by atoms with Crippen LogP contribution in [0.3, 0.4) is 0 Å². The van der Waals surface area contributed by atoms with E-state index in [1.807, 2.05) is 0 Å². The fraction of sp³-hybridized carbons (Fsp3) is 0.364. The quantitative estimate of drug-likeness (QED) is 0.737. The number of H-pyrrole nitrogens is 1. The molecule has 0 amide bonds. The Morgan fingerprint density at radius 2 is 2.29 bits per heavy atom. The number of aryl methyl sites for hydroxylation is 1. The van der Waals surface area contributed by atoms with Crippen LogP contribution in [0.5, 0.6) is 0 Å². The van der Waals surface area contributed by atoms with Gasteiger partial charge in [0.25, 0.3) is 10.0 Å². The summed E-state index contributed by atoms with van der Waals surface area (Å²) < 4.78 is 36.2. The highest BCUT2D eigenvalue weighted by atomic mass is 32.2. The minimum absolute atomic E-state index is 0.0685. The third-order valence-corrected chi connectivity index (χ3v) is 3.86. The Morgan fingerprint density at radius 3 is 2.90 bits per heavy atom. The second-order valence-electron chi connectivity index (χ2n) is 4.09. The first kappa shape index (κ1) is 15.2. The van der Waals surface area contributed by atoms with Crippen molar-refractivity contribution in [1.29, 1.82) is 0 Å². The first-order valence-electron chi connectivity index (χ1n) is 6.06. The van der Waals surface area contributed by atoms with Crippen molar-refractivity contribution >= 4 is 16.0 Å². The Bertz CT molecular complexity index is 733. The van der Waals surface area contributed by atoms with Crippen molar-refractivity contribution in [3.63, 3.8) is 0 Å². The predicted octanol–water partition coefficient (Wildman–Crippen LogP) is 0.361. The van der Waals surface area contributed by atoms with E-state index in [-0.39, 0.29) is 23.7 Å². The largest absolute Gasteiger partial charge is 0.462 e. The van der Waals surface area contributed by atoms with Crippen molar-refractivity contribution in [2.45, 2.75) is 25.4 Å². The van der Waals surface area contributed by atoms with Crippen molar-refractivity contribution in [2.75, 3.05) is 6.61 Å². The molecule has 0 atom stereocenters. The van der Waals surface area contributed by atoms with Crippen molar-refractivity contribution in [3.05, 3.63) is 29.3 Å². The van der Waals surface area contributed by atoms with Gasteiger partial charge in [0, 0.05) is 6.07 Å². The fourth-order valence-corrected chi connectivity index (χ4v) is 2.66. The number of nitrogens with zero attached hydrogens (tertiary/aromatic N) is 2. The van der Waals surface area contributed by atoms with Gasteiger partial charge in [-0.2, -0.15) is 5.10 Å². The molecule has 2 rings (SSSR count). The molecule has 0 bridgehead atoms. The highest BCUT2D eigenvalue weighted by molar-refractivity contribution is 7.89. The van der Waals surface area contributed by atoms with E-state index in [9.17, 15) is 13.2 Å². The molecule has 0 aliphatic rings. The average Bonchev–Trinajstić information content (AvgIpc) is 3.05. The summed E-state index contributed by atoms with van der Waals surface area (Å²) in [5, 5.41) is 9.17. The first-order chi connectivity index (χ1) is 9.94. The summed E-state index contributed by atoms with van der Waals surface area (Å²) in [5.74, 6) is -0.193. The van der Waals surface area contributed by atoms with Gasteiger partial charge in [-0.05, 0) is 13.8 Å². The fourth-order valence-electron chi connectivity index (χ4n) is 1.58. The number of nitrogens with one attached hydrogen (secondary N) is 2. The molecular formula is C11H14N4O5S. The number of carbonyl (C=O) groups excluding carboxylic acids is 1. The van der Waals surface area contributed by atoms with Crippen LogP contribution in [-0.4, -0.2) is 36.3 Å². The number of rotatable bonds is 6. The van der Waals surface area contributed by atoms with Gasteiger partial charge in [-0.1, -0.05) is 5.16 Å². The van der Waals surface area contributed by atoms with Crippen LogP contribution in [0.15, 0.2) is 21.8 Å². The Balaban J connectivity index is 2.16. The molecule has 0 saturated carbocycles. The average molecular weight is 314 g/mol. The molecule has 0 aliphatic heterocycles. The maximum absolute atomic E-state index is 12.2. The van der Waals surface area contributed by atoms with E-state index in [4.69, 9.17) is 9.26 Å². The van der Waals surface area contributed by atoms with Crippen molar-refractivity contribution in [2.24, 2.45) is 0 Å². The Hall–Kier alpha value is -2.20. The molecule has 0 saturated heterocycles. The molecule has 10 heteroatoms. The van der Waals surface area contributed by atoms with Crippen LogP contribution in [0.4, 0.5) is 0 Å². The van der Waals surface area contributed by atoms with Gasteiger partial charge in [0.05, 0.1) is 25.0 Å². The highest BCUT2D eigenvalue weighted by Gasteiger charge is 2.25. The lowest BCUT2D eigenvalue weighted by Crippen LogP contribution is -2.25. The second kappa shape index (κ2) is 6.06. The molecule has 0 spiro atoms. The van der Waals surface area contributed by atoms with Crippen LogP contribution in [0.1, 0.15) is 28.7 Å². The van der Waals surface area contributed by atoms with Crippen molar-refractivity contribution in [1.82, 2.24) is 20.1 Å². The summed E-state index contributed by atoms with van der Waals surface area (Å²) in [6.07, 6.45) is 1.10. The summed E-state index contributed by atoms with van der Waals surface area (Å²) in [6, 6.07) is 1.60. The molecule has 2 aromatic rings. The third kappa shape index (κ3) is 3.47. The van der Waals surface area contributed by atoms with Gasteiger partial charge in [-0.15, -0.1) is 0 Å². The van der Waals surface area contributed by atoms with Gasteiger partial charge in [-0.25, -0.2) is 17.9 Å². The number of hydrogen-bond donors (Lipinski definition) is 2. The summed E-state index contributed by atoms with van der Waals surface area (Å²) in [4.78, 5) is 11.6. The zero-order valence-corrected chi connectivity index (χ0v) is 12.2. The van der Waals surface area contributed by atoms with Crippen LogP contribution >= 0.6 is 0 Å². The van der Waals surface area contributed by atoms with E-state index < -0.39 is 16.0 Å². The molecule has 114 valence electrons. The predicted molar refractivity (Wildman–Crippen MR) is 69.8 cm³/mol. The van der Waals surface area contributed by atoms with E-state index in [0.29, 0.717) is 11.5 Å². The van der Waals surface area contributed by atoms with Crippen LogP contribution in [-0.2, 0) is 21.3 Å². The van der Waals surface area contributed by atoms with E-state index >= 15 is 0 Å². The molecule has 9 nitrogen and oxygen atoms in total. The number of hydrogen-bond acceptors (Lipinski definition) is 7. The highest BCUT2D eigenvalue weighted by Crippen LogP contribution is 2.13. The van der Waals surface area contributed by atoms with Gasteiger partial charge in [-0.3, -0.25) is 5.10 Å². The van der Waals surface area contributed by atoms with Crippen LogP contribution in [0.25, 0.3) is 0 Å². The maximum Gasteiger partial charge on any atom is 0.342 e. The topological polar surface area (TPSA) is 127 Å². The van der Waals surface area contributed by atoms with Gasteiger partial charge in [0.1, 0.15) is 11.3 Å². The molecule has 2 heterocycles. The van der Waals surface area contributed by atoms with E-state index in [1.165, 1.54) is 0 Å². The Kier molecular flexibility index (Phi) is 4.38. The lowest BCUT2D eigenvalue weighted by Gasteiger charge is -2.05. The monoisotopic (exact) mass is 314 g/mol. The van der Waals surface area contributed by atoms with E-state index in [1.54, 1.807) is 19.9 Å². The second-order valence-corrected chi connectivity index (χ2v) is 5.79. The zero-order valence-electron chi connectivity index (χ0n) is 11.4. The lowest BCUT2D eigenvalue weighted by atomic mass is 10.4. The van der Waals surface area contributed by atoms with Gasteiger partial charge in [0.2, 0.25) is 0 Å². The minimum atomic E-state index is -3.95. The molecule has 0 aromatic carbocycles. The third-order valence-electron chi connectivity index (χ3n) is 2.49. The summed E-state index contributed by atoms with van der Waals surface area (Å²) in [5.41, 5.74) is 0.272. The molecule has 0 radical (unpaired) electrons. The molecule has 0 unspecified atom stereocenters. The van der Waals surface area contributed by atoms with E-state index in [2.05, 4.69) is 20.1 Å². The molecule has 0 fully saturated rings. The van der Waals surface area contributed by atoms with Gasteiger partial charge >= 0.3 is 5.97 Å². The molecule has 2 aromatic heterocycles. The van der Waals surface area contributed by atoms with Crippen LogP contribution in [0.2, 0.25) is 0 Å². The SMILES string of the molecule is CCOC(=O)c1cn[nH]c1S(=O)(=O)NCc1cc(C)on1. The number of aromatic nitrogens is 3. The van der Waals surface area contributed by atoms with E-state index in [0.717, 1.165) is 6.20 Å². The van der Waals surface area contributed by atoms with Crippen molar-refractivity contribution < 1.29 is 22.5 Å². The summed E-state index contributed by atoms with van der Waals surface area (Å²) in [6.45, 7) is 3.38. The first-order valence-corrected chi connectivity index (χ1v) is 7.54. The van der Waals surface area contributed by atoms with Crippen LogP contribution in [0, 0.1) is 6.92 Å². The minimum Gasteiger partial charge on any atom is -0.462 e. The van der Waals surface area contributed by atoms with Crippen LogP contribution < -0.4 is 4.72 Å². The molecular weight excluding hydrogens is 300 g/mol. The molecule has 2 N–H and O–H groups in total. The normalized spacial score (nSPS) is 11.5. The van der Waals surface area contributed by atoms with Crippen molar-refractivity contribution in [3.8, 4) is 0 Å². The smallest absolute Gasteiger partial charge is 0.342 e. The standard InChI is InChI=1S/C11H14N4O5S/c1-3-19-11(16)9-6-12-14-10(9)21(17,18)13-5-8-4-7(2)20-15-8/h4,6,13H,3,5H2,1-2H3,(H,12,14). The van der Waals surface area contributed by atoms with Gasteiger partial charge in [0.15, 0.2) is 5.03 Å². The molecule has 0 aliphatic carbocycles. The number of sulfonamides is 1. The Labute approximate surface area is 120 Å². The summed E-state index contributed by atoms with van der Waals surface area (Å²) >= 11 is 0. The summed E-state index contributed by atoms with van der Waals surface area (Å²) in [7, 11) is -3.95. The Morgan fingerprint density at radius 1 is 1.52 bits per heavy atom. The molecule has 21 heavy (non-hydrogen) atoms. The number of ether oxygens (including phenoxy) is 1. The maximum atomic E-state index is 12.2. The number of carbonyl (C=O) groups is 1. The zero-order chi connectivity index (χ0) is 15.5. The van der Waals surface area contributed by atoms with Gasteiger partial charge < -0.3 is 9.26 Å². The number of esters is 1. The number of aromatic amines is 1.